The van der Waals surface area contributed by atoms with Crippen LogP contribution in [0.2, 0.25) is 0 Å². The SMILES string of the molecule is CCN(CC)S(=O)(=O)c1ccc(CNCc2ccn[nH]2)cc1. The molecule has 0 atom stereocenters. The Balaban J connectivity index is 1.98. The molecule has 1 heterocycles. The van der Waals surface area contributed by atoms with E-state index in [1.165, 1.54) is 4.31 Å². The average Bonchev–Trinajstić information content (AvgIpc) is 3.02. The normalized spacial score (nSPS) is 12.0. The number of sulfonamides is 1. The zero-order chi connectivity index (χ0) is 16.0. The highest BCUT2D eigenvalue weighted by molar-refractivity contribution is 7.89. The van der Waals surface area contributed by atoms with Crippen molar-refractivity contribution in [2.75, 3.05) is 13.1 Å². The Kier molecular flexibility index (Phi) is 5.70. The van der Waals surface area contributed by atoms with E-state index in [-0.39, 0.29) is 0 Å². The third kappa shape index (κ3) is 3.94. The van der Waals surface area contributed by atoms with Crippen LogP contribution >= 0.6 is 0 Å². The van der Waals surface area contributed by atoms with Crippen molar-refractivity contribution in [3.63, 3.8) is 0 Å². The smallest absolute Gasteiger partial charge is 0.243 e. The lowest BCUT2D eigenvalue weighted by atomic mass is 10.2. The summed E-state index contributed by atoms with van der Waals surface area (Å²) < 4.78 is 26.2. The molecule has 0 aliphatic heterocycles. The van der Waals surface area contributed by atoms with Crippen LogP contribution < -0.4 is 5.32 Å². The molecule has 0 aliphatic carbocycles. The van der Waals surface area contributed by atoms with Gasteiger partial charge < -0.3 is 5.32 Å². The summed E-state index contributed by atoms with van der Waals surface area (Å²) in [5.74, 6) is 0. The average molecular weight is 322 g/mol. The number of H-pyrrole nitrogens is 1. The van der Waals surface area contributed by atoms with Crippen LogP contribution in [0.1, 0.15) is 25.1 Å². The summed E-state index contributed by atoms with van der Waals surface area (Å²) in [4.78, 5) is 0.341. The molecule has 0 aliphatic rings. The zero-order valence-corrected chi connectivity index (χ0v) is 13.7. The second-order valence-electron chi connectivity index (χ2n) is 4.92. The van der Waals surface area contributed by atoms with Crippen LogP contribution in [0.25, 0.3) is 0 Å². The van der Waals surface area contributed by atoms with Gasteiger partial charge in [-0.3, -0.25) is 5.10 Å². The van der Waals surface area contributed by atoms with Gasteiger partial charge in [-0.15, -0.1) is 0 Å². The molecule has 0 spiro atoms. The van der Waals surface area contributed by atoms with E-state index in [0.717, 1.165) is 11.3 Å². The van der Waals surface area contributed by atoms with E-state index < -0.39 is 10.0 Å². The van der Waals surface area contributed by atoms with Crippen LogP contribution in [0.4, 0.5) is 0 Å². The number of hydrogen-bond donors (Lipinski definition) is 2. The quantitative estimate of drug-likeness (QED) is 0.776. The van der Waals surface area contributed by atoms with Crippen molar-refractivity contribution in [1.29, 1.82) is 0 Å². The third-order valence-corrected chi connectivity index (χ3v) is 5.53. The van der Waals surface area contributed by atoms with E-state index >= 15 is 0 Å². The van der Waals surface area contributed by atoms with Crippen molar-refractivity contribution in [3.8, 4) is 0 Å². The fraction of sp³-hybridized carbons (Fsp3) is 0.400. The van der Waals surface area contributed by atoms with Gasteiger partial charge in [0.15, 0.2) is 0 Å². The molecular weight excluding hydrogens is 300 g/mol. The summed E-state index contributed by atoms with van der Waals surface area (Å²) in [5, 5.41) is 10.0. The molecule has 0 radical (unpaired) electrons. The zero-order valence-electron chi connectivity index (χ0n) is 12.9. The van der Waals surface area contributed by atoms with Gasteiger partial charge in [0.1, 0.15) is 0 Å². The molecule has 2 aromatic rings. The molecule has 7 heteroatoms. The first kappa shape index (κ1) is 16.7. The molecule has 6 nitrogen and oxygen atoms in total. The summed E-state index contributed by atoms with van der Waals surface area (Å²) >= 11 is 0. The first-order valence-electron chi connectivity index (χ1n) is 7.36. The van der Waals surface area contributed by atoms with Crippen molar-refractivity contribution in [3.05, 3.63) is 47.8 Å². The lowest BCUT2D eigenvalue weighted by Gasteiger charge is -2.18. The highest BCUT2D eigenvalue weighted by atomic mass is 32.2. The van der Waals surface area contributed by atoms with E-state index in [2.05, 4.69) is 15.5 Å². The van der Waals surface area contributed by atoms with Crippen molar-refractivity contribution in [2.45, 2.75) is 31.8 Å². The molecule has 1 aromatic heterocycles. The summed E-state index contributed by atoms with van der Waals surface area (Å²) in [5.41, 5.74) is 2.05. The van der Waals surface area contributed by atoms with E-state index in [4.69, 9.17) is 0 Å². The van der Waals surface area contributed by atoms with Gasteiger partial charge in [0.05, 0.1) is 4.90 Å². The molecule has 0 saturated carbocycles. The lowest BCUT2D eigenvalue weighted by Crippen LogP contribution is -2.30. The van der Waals surface area contributed by atoms with Gasteiger partial charge in [-0.2, -0.15) is 9.40 Å². The summed E-state index contributed by atoms with van der Waals surface area (Å²) in [7, 11) is -3.37. The molecule has 0 bridgehead atoms. The Hall–Kier alpha value is -1.70. The molecule has 1 aromatic carbocycles. The molecule has 0 saturated heterocycles. The van der Waals surface area contributed by atoms with E-state index in [9.17, 15) is 8.42 Å². The Morgan fingerprint density at radius 3 is 2.32 bits per heavy atom. The van der Waals surface area contributed by atoms with Gasteiger partial charge in [-0.25, -0.2) is 8.42 Å². The largest absolute Gasteiger partial charge is 0.307 e. The highest BCUT2D eigenvalue weighted by Gasteiger charge is 2.20. The van der Waals surface area contributed by atoms with Gasteiger partial charge in [0.25, 0.3) is 0 Å². The fourth-order valence-corrected chi connectivity index (χ4v) is 3.67. The first-order chi connectivity index (χ1) is 10.6. The topological polar surface area (TPSA) is 78.1 Å². The number of aromatic nitrogens is 2. The number of nitrogens with one attached hydrogen (secondary N) is 2. The van der Waals surface area contributed by atoms with E-state index in [1.54, 1.807) is 18.3 Å². The van der Waals surface area contributed by atoms with Crippen LogP contribution in [-0.4, -0.2) is 36.0 Å². The third-order valence-electron chi connectivity index (χ3n) is 3.47. The minimum atomic E-state index is -3.37. The summed E-state index contributed by atoms with van der Waals surface area (Å²) in [6.07, 6.45) is 1.71. The minimum Gasteiger partial charge on any atom is -0.307 e. The fourth-order valence-electron chi connectivity index (χ4n) is 2.22. The van der Waals surface area contributed by atoms with E-state index in [1.807, 2.05) is 32.0 Å². The van der Waals surface area contributed by atoms with Crippen molar-refractivity contribution < 1.29 is 8.42 Å². The Morgan fingerprint density at radius 1 is 1.09 bits per heavy atom. The first-order valence-corrected chi connectivity index (χ1v) is 8.80. The second-order valence-corrected chi connectivity index (χ2v) is 6.86. The van der Waals surface area contributed by atoms with Crippen molar-refractivity contribution in [1.82, 2.24) is 19.8 Å². The number of rotatable bonds is 8. The number of benzene rings is 1. The maximum atomic E-state index is 12.4. The molecule has 2 N–H and O–H groups in total. The summed E-state index contributed by atoms with van der Waals surface area (Å²) in [6.45, 7) is 6.01. The van der Waals surface area contributed by atoms with Crippen LogP contribution in [0.5, 0.6) is 0 Å². The van der Waals surface area contributed by atoms with Crippen LogP contribution in [0, 0.1) is 0 Å². The minimum absolute atomic E-state index is 0.341. The molecular formula is C15H22N4O2S. The Morgan fingerprint density at radius 2 is 1.77 bits per heavy atom. The number of aromatic amines is 1. The van der Waals surface area contributed by atoms with Gasteiger partial charge in [0, 0.05) is 38.1 Å². The van der Waals surface area contributed by atoms with Gasteiger partial charge >= 0.3 is 0 Å². The predicted molar refractivity (Wildman–Crippen MR) is 85.7 cm³/mol. The predicted octanol–water partition coefficient (Wildman–Crippen LogP) is 1.73. The van der Waals surface area contributed by atoms with Crippen LogP contribution in [-0.2, 0) is 23.1 Å². The lowest BCUT2D eigenvalue weighted by molar-refractivity contribution is 0.445. The number of hydrogen-bond acceptors (Lipinski definition) is 4. The molecule has 22 heavy (non-hydrogen) atoms. The highest BCUT2D eigenvalue weighted by Crippen LogP contribution is 2.16. The van der Waals surface area contributed by atoms with E-state index in [0.29, 0.717) is 31.1 Å². The van der Waals surface area contributed by atoms with Gasteiger partial charge in [-0.1, -0.05) is 26.0 Å². The molecule has 0 amide bonds. The number of nitrogens with zero attached hydrogens (tertiary/aromatic N) is 2. The molecule has 120 valence electrons. The van der Waals surface area contributed by atoms with Crippen LogP contribution in [0.3, 0.4) is 0 Å². The molecule has 0 unspecified atom stereocenters. The maximum Gasteiger partial charge on any atom is 0.243 e. The second kappa shape index (κ2) is 7.53. The summed E-state index contributed by atoms with van der Waals surface area (Å²) in [6, 6.07) is 8.93. The van der Waals surface area contributed by atoms with Crippen LogP contribution in [0.15, 0.2) is 41.4 Å². The Labute approximate surface area is 131 Å². The van der Waals surface area contributed by atoms with Crippen molar-refractivity contribution >= 4 is 10.0 Å². The van der Waals surface area contributed by atoms with Crippen molar-refractivity contribution in [2.24, 2.45) is 0 Å². The molecule has 2 rings (SSSR count). The molecule has 0 fully saturated rings. The monoisotopic (exact) mass is 322 g/mol. The van der Waals surface area contributed by atoms with Gasteiger partial charge in [-0.05, 0) is 23.8 Å². The maximum absolute atomic E-state index is 12.4. The standard InChI is InChI=1S/C15H22N4O2S/c1-3-19(4-2)22(20,21)15-7-5-13(6-8-15)11-16-12-14-9-10-17-18-14/h5-10,16H,3-4,11-12H2,1-2H3,(H,17,18). The Bertz CT molecular complexity index is 662. The van der Waals surface area contributed by atoms with Gasteiger partial charge in [0.2, 0.25) is 10.0 Å².